The van der Waals surface area contributed by atoms with Crippen molar-refractivity contribution >= 4 is 17.4 Å². The Morgan fingerprint density at radius 2 is 1.68 bits per heavy atom. The lowest BCUT2D eigenvalue weighted by molar-refractivity contribution is -0.141. The summed E-state index contributed by atoms with van der Waals surface area (Å²) in [6.07, 6.45) is 1.45. The number of likely N-dealkylation sites (tertiary alicyclic amines) is 2. The molecule has 0 aromatic carbocycles. The molecule has 3 aliphatic carbocycles. The van der Waals surface area contributed by atoms with E-state index in [-0.39, 0.29) is 28.2 Å². The van der Waals surface area contributed by atoms with Gasteiger partial charge in [-0.2, -0.15) is 23.3 Å². The Bertz CT molecular complexity index is 1120. The summed E-state index contributed by atoms with van der Waals surface area (Å²) in [6, 6.07) is 0.106. The molecule has 8 nitrogen and oxygen atoms in total. The molecule has 2 spiro atoms. The maximum absolute atomic E-state index is 12.8. The first kappa shape index (κ1) is 21.0. The summed E-state index contributed by atoms with van der Waals surface area (Å²) >= 11 is 0.877. The molecule has 1 N–H and O–H groups in total. The summed E-state index contributed by atoms with van der Waals surface area (Å²) in [6.45, 7) is 3.02. The van der Waals surface area contributed by atoms with Gasteiger partial charge in [-0.15, -0.1) is 0 Å². The van der Waals surface area contributed by atoms with Crippen LogP contribution in [0.2, 0.25) is 0 Å². The highest BCUT2D eigenvalue weighted by molar-refractivity contribution is 7.11. The zero-order valence-electron chi connectivity index (χ0n) is 18.5. The quantitative estimate of drug-likeness (QED) is 0.694. The molecule has 2 aromatic heterocycles. The Morgan fingerprint density at radius 1 is 1.03 bits per heavy atom. The van der Waals surface area contributed by atoms with Crippen LogP contribution in [0.5, 0.6) is 5.19 Å². The minimum atomic E-state index is -4.45. The fraction of sp³-hybridized carbons (Fsp3) is 0.727. The molecule has 7 rings (SSSR count). The van der Waals surface area contributed by atoms with Crippen LogP contribution >= 0.6 is 11.3 Å². The second kappa shape index (κ2) is 6.86. The van der Waals surface area contributed by atoms with E-state index >= 15 is 0 Å². The highest BCUT2D eigenvalue weighted by atomic mass is 32.1. The van der Waals surface area contributed by atoms with Gasteiger partial charge >= 0.3 is 12.2 Å². The molecule has 5 aliphatic rings. The van der Waals surface area contributed by atoms with Crippen LogP contribution in [-0.4, -0.2) is 68.3 Å². The van der Waals surface area contributed by atoms with Gasteiger partial charge in [0.25, 0.3) is 5.19 Å². The fourth-order valence-electron chi connectivity index (χ4n) is 6.26. The number of halogens is 3. The van der Waals surface area contributed by atoms with Crippen LogP contribution in [0, 0.1) is 10.8 Å². The zero-order valence-corrected chi connectivity index (χ0v) is 19.3. The highest BCUT2D eigenvalue weighted by Crippen LogP contribution is 2.57. The van der Waals surface area contributed by atoms with Crippen LogP contribution < -0.4 is 4.74 Å². The van der Waals surface area contributed by atoms with Crippen LogP contribution in [0.4, 0.5) is 18.0 Å². The van der Waals surface area contributed by atoms with Crippen molar-refractivity contribution in [2.24, 2.45) is 10.8 Å². The number of hydrogen-bond acceptors (Lipinski definition) is 6. The SMILES string of the molecule is O=C(N1CC2(CC(Oc3nc(C(F)(F)F)cs3)C2)C1)N1CC2(CC(c3nc(C4CC4)n[nH]3)C2)C1. The second-order valence-corrected chi connectivity index (χ2v) is 11.9. The fourth-order valence-corrected chi connectivity index (χ4v) is 7.00. The molecule has 2 aliphatic heterocycles. The van der Waals surface area contributed by atoms with Crippen molar-refractivity contribution in [2.45, 2.75) is 62.6 Å². The second-order valence-electron chi connectivity index (χ2n) is 11.1. The van der Waals surface area contributed by atoms with Gasteiger partial charge in [-0.3, -0.25) is 5.10 Å². The standard InChI is InChI=1S/C22H25F3N6O2S/c23-22(24,25)15-7-34-18(26-15)33-14-5-21(6-14)10-31(11-21)19(32)30-8-20(9-30)3-13(4-20)17-27-16(28-29-17)12-1-2-12/h7,12-14H,1-6,8-11H2,(H,27,28,29). The average Bonchev–Trinajstić information content (AvgIpc) is 3.19. The molecule has 182 valence electrons. The van der Waals surface area contributed by atoms with Gasteiger partial charge in [-0.05, 0) is 38.5 Å². The third kappa shape index (κ3) is 3.39. The summed E-state index contributed by atoms with van der Waals surface area (Å²) in [5.74, 6) is 2.97. The van der Waals surface area contributed by atoms with Gasteiger partial charge in [0.15, 0.2) is 11.5 Å². The number of ether oxygens (including phenoxy) is 1. The number of aromatic nitrogens is 4. The molecule has 12 heteroatoms. The molecule has 0 bridgehead atoms. The van der Waals surface area contributed by atoms with Crippen LogP contribution in [0.25, 0.3) is 0 Å². The van der Waals surface area contributed by atoms with Crippen LogP contribution in [0.15, 0.2) is 5.38 Å². The van der Waals surface area contributed by atoms with Crippen molar-refractivity contribution in [1.82, 2.24) is 30.0 Å². The number of alkyl halides is 3. The molecule has 2 amide bonds. The zero-order chi connectivity index (χ0) is 23.3. The van der Waals surface area contributed by atoms with Gasteiger partial charge in [0, 0.05) is 54.2 Å². The topological polar surface area (TPSA) is 87.2 Å². The maximum Gasteiger partial charge on any atom is 0.434 e. The summed E-state index contributed by atoms with van der Waals surface area (Å²) in [4.78, 5) is 24.9. The van der Waals surface area contributed by atoms with Gasteiger partial charge in [0.05, 0.1) is 0 Å². The number of nitrogens with zero attached hydrogens (tertiary/aromatic N) is 5. The monoisotopic (exact) mass is 494 g/mol. The summed E-state index contributed by atoms with van der Waals surface area (Å²) in [5, 5.41) is 8.53. The first-order valence-corrected chi connectivity index (χ1v) is 12.7. The van der Waals surface area contributed by atoms with Crippen LogP contribution in [-0.2, 0) is 6.18 Å². The van der Waals surface area contributed by atoms with Gasteiger partial charge in [0.2, 0.25) is 0 Å². The van der Waals surface area contributed by atoms with E-state index in [4.69, 9.17) is 4.74 Å². The third-order valence-electron chi connectivity index (χ3n) is 8.22. The normalized spacial score (nSPS) is 25.6. The number of hydrogen-bond donors (Lipinski definition) is 1. The summed E-state index contributed by atoms with van der Waals surface area (Å²) in [5.41, 5.74) is -0.607. The Morgan fingerprint density at radius 3 is 2.26 bits per heavy atom. The van der Waals surface area contributed by atoms with E-state index in [9.17, 15) is 18.0 Å². The largest absolute Gasteiger partial charge is 0.467 e. The molecule has 2 saturated heterocycles. The highest BCUT2D eigenvalue weighted by Gasteiger charge is 2.59. The summed E-state index contributed by atoms with van der Waals surface area (Å²) < 4.78 is 43.7. The molecular weight excluding hydrogens is 469 g/mol. The Labute approximate surface area is 197 Å². The number of thiazole rings is 1. The molecule has 3 saturated carbocycles. The minimum Gasteiger partial charge on any atom is -0.467 e. The van der Waals surface area contributed by atoms with E-state index in [0.29, 0.717) is 24.9 Å². The van der Waals surface area contributed by atoms with Crippen molar-refractivity contribution in [3.63, 3.8) is 0 Å². The van der Waals surface area contributed by atoms with E-state index in [1.165, 1.54) is 12.8 Å². The Kier molecular flexibility index (Phi) is 4.23. The van der Waals surface area contributed by atoms with E-state index in [2.05, 4.69) is 20.2 Å². The molecule has 34 heavy (non-hydrogen) atoms. The maximum atomic E-state index is 12.8. The number of aromatic amines is 1. The number of urea groups is 1. The van der Waals surface area contributed by atoms with Crippen molar-refractivity contribution in [1.29, 1.82) is 0 Å². The van der Waals surface area contributed by atoms with E-state index in [1.54, 1.807) is 0 Å². The first-order valence-electron chi connectivity index (χ1n) is 11.8. The summed E-state index contributed by atoms with van der Waals surface area (Å²) in [7, 11) is 0. The third-order valence-corrected chi connectivity index (χ3v) is 8.95. The van der Waals surface area contributed by atoms with Crippen molar-refractivity contribution in [3.05, 3.63) is 22.7 Å². The number of rotatable bonds is 4. The van der Waals surface area contributed by atoms with Crippen molar-refractivity contribution < 1.29 is 22.7 Å². The lowest BCUT2D eigenvalue weighted by atomic mass is 9.57. The number of carbonyl (C=O) groups excluding carboxylic acids is 1. The van der Waals surface area contributed by atoms with Crippen molar-refractivity contribution in [2.75, 3.05) is 26.2 Å². The number of amides is 2. The van der Waals surface area contributed by atoms with Crippen LogP contribution in [0.3, 0.4) is 0 Å². The van der Waals surface area contributed by atoms with E-state index in [0.717, 1.165) is 67.1 Å². The molecular formula is C22H25F3N6O2S. The van der Waals surface area contributed by atoms with Gasteiger partial charge in [-0.1, -0.05) is 11.3 Å². The smallest absolute Gasteiger partial charge is 0.434 e. The number of carbonyl (C=O) groups is 1. The predicted molar refractivity (Wildman–Crippen MR) is 115 cm³/mol. The van der Waals surface area contributed by atoms with Gasteiger partial charge in [-0.25, -0.2) is 9.78 Å². The Hall–Kier alpha value is -2.37. The van der Waals surface area contributed by atoms with E-state index in [1.807, 2.05) is 9.80 Å². The van der Waals surface area contributed by atoms with E-state index < -0.39 is 11.9 Å². The Balaban J connectivity index is 0.844. The molecule has 5 fully saturated rings. The molecule has 2 aromatic rings. The molecule has 0 unspecified atom stereocenters. The number of H-pyrrole nitrogens is 1. The minimum absolute atomic E-state index is 0.0557. The lowest BCUT2D eigenvalue weighted by Crippen LogP contribution is -2.71. The van der Waals surface area contributed by atoms with Crippen LogP contribution in [0.1, 0.15) is 67.7 Å². The number of nitrogens with one attached hydrogen (secondary N) is 1. The lowest BCUT2D eigenvalue weighted by Gasteiger charge is -2.62. The first-order chi connectivity index (χ1) is 16.2. The van der Waals surface area contributed by atoms with Crippen molar-refractivity contribution in [3.8, 4) is 5.19 Å². The predicted octanol–water partition coefficient (Wildman–Crippen LogP) is 4.00. The van der Waals surface area contributed by atoms with Gasteiger partial charge in [0.1, 0.15) is 11.9 Å². The van der Waals surface area contributed by atoms with Gasteiger partial charge < -0.3 is 14.5 Å². The molecule has 4 heterocycles. The average molecular weight is 495 g/mol. The molecule has 0 atom stereocenters. The molecule has 0 radical (unpaired) electrons.